The minimum Gasteiger partial charge on any atom is -0.489 e. The minimum atomic E-state index is -3.85. The van der Waals surface area contributed by atoms with E-state index in [4.69, 9.17) is 9.94 Å². The second-order valence-electron chi connectivity index (χ2n) is 7.18. The molecule has 1 amide bonds. The summed E-state index contributed by atoms with van der Waals surface area (Å²) in [6.07, 6.45) is 1.50. The van der Waals surface area contributed by atoms with Gasteiger partial charge in [-0.3, -0.25) is 19.3 Å². The van der Waals surface area contributed by atoms with Gasteiger partial charge in [0.1, 0.15) is 12.4 Å². The van der Waals surface area contributed by atoms with Crippen molar-refractivity contribution in [3.8, 4) is 5.75 Å². The Morgan fingerprint density at radius 2 is 1.90 bits per heavy atom. The van der Waals surface area contributed by atoms with Gasteiger partial charge in [-0.1, -0.05) is 18.2 Å². The fourth-order valence-corrected chi connectivity index (χ4v) is 5.56. The molecule has 9 heteroatoms. The Labute approximate surface area is 180 Å². The lowest BCUT2D eigenvalue weighted by molar-refractivity contribution is -0.129. The minimum absolute atomic E-state index is 0.152. The van der Waals surface area contributed by atoms with Gasteiger partial charge in [0.2, 0.25) is 5.91 Å². The summed E-state index contributed by atoms with van der Waals surface area (Å²) in [5.41, 5.74) is 4.37. The van der Waals surface area contributed by atoms with E-state index in [1.165, 1.54) is 10.4 Å². The largest absolute Gasteiger partial charge is 0.489 e. The number of aromatic nitrogens is 1. The Hall–Kier alpha value is -3.43. The van der Waals surface area contributed by atoms with Crippen LogP contribution in [0.5, 0.6) is 5.75 Å². The average molecular weight is 439 g/mol. The number of carbonyl (C=O) groups excluding carboxylic acids is 1. The topological polar surface area (TPSA) is 109 Å². The fraction of sp³-hybridized carbons (Fsp3) is 0.182. The first-order valence-electron chi connectivity index (χ1n) is 9.61. The van der Waals surface area contributed by atoms with Crippen LogP contribution in [0, 0.1) is 6.92 Å². The van der Waals surface area contributed by atoms with Gasteiger partial charge in [0.05, 0.1) is 23.0 Å². The van der Waals surface area contributed by atoms with Gasteiger partial charge in [-0.05, 0) is 60.5 Å². The lowest BCUT2D eigenvalue weighted by Gasteiger charge is -2.25. The predicted octanol–water partition coefficient (Wildman–Crippen LogP) is 3.11. The normalized spacial score (nSPS) is 16.6. The lowest BCUT2D eigenvalue weighted by Crippen LogP contribution is -2.32. The summed E-state index contributed by atoms with van der Waals surface area (Å²) in [4.78, 5) is 16.2. The van der Waals surface area contributed by atoms with Crippen molar-refractivity contribution in [2.45, 2.75) is 30.9 Å². The first kappa shape index (κ1) is 20.8. The second kappa shape index (κ2) is 8.37. The highest BCUT2D eigenvalue weighted by Crippen LogP contribution is 2.44. The van der Waals surface area contributed by atoms with Gasteiger partial charge in [0, 0.05) is 11.9 Å². The van der Waals surface area contributed by atoms with Gasteiger partial charge in [0.25, 0.3) is 10.0 Å². The zero-order chi connectivity index (χ0) is 22.0. The number of nitrogens with one attached hydrogen (secondary N) is 1. The zero-order valence-corrected chi connectivity index (χ0v) is 17.5. The molecule has 0 fully saturated rings. The van der Waals surface area contributed by atoms with Crippen LogP contribution in [0.15, 0.2) is 71.8 Å². The molecule has 0 saturated carbocycles. The maximum absolute atomic E-state index is 13.2. The Kier molecular flexibility index (Phi) is 5.62. The van der Waals surface area contributed by atoms with E-state index in [-0.39, 0.29) is 11.3 Å². The number of benzene rings is 2. The van der Waals surface area contributed by atoms with E-state index < -0.39 is 22.0 Å². The van der Waals surface area contributed by atoms with E-state index in [1.807, 2.05) is 19.1 Å². The van der Waals surface area contributed by atoms with Crippen LogP contribution in [0.25, 0.3) is 0 Å². The van der Waals surface area contributed by atoms with Crippen molar-refractivity contribution in [2.75, 3.05) is 4.31 Å². The van der Waals surface area contributed by atoms with Crippen molar-refractivity contribution in [3.63, 3.8) is 0 Å². The van der Waals surface area contributed by atoms with Crippen molar-refractivity contribution in [3.05, 3.63) is 83.7 Å². The molecule has 4 rings (SSSR count). The quantitative estimate of drug-likeness (QED) is 0.451. The monoisotopic (exact) mass is 439 g/mol. The van der Waals surface area contributed by atoms with Crippen molar-refractivity contribution in [1.29, 1.82) is 0 Å². The van der Waals surface area contributed by atoms with Crippen LogP contribution < -0.4 is 14.5 Å². The van der Waals surface area contributed by atoms with Crippen LogP contribution in [-0.4, -0.2) is 24.5 Å². The third-order valence-corrected chi connectivity index (χ3v) is 6.97. The molecule has 2 heterocycles. The summed E-state index contributed by atoms with van der Waals surface area (Å²) < 4.78 is 33.4. The fourth-order valence-electron chi connectivity index (χ4n) is 3.67. The third-order valence-electron chi connectivity index (χ3n) is 5.06. The molecule has 2 aromatic carbocycles. The van der Waals surface area contributed by atoms with Crippen LogP contribution in [0.2, 0.25) is 0 Å². The molecule has 3 aromatic rings. The molecule has 0 spiro atoms. The van der Waals surface area contributed by atoms with E-state index in [2.05, 4.69) is 4.98 Å². The number of sulfonamides is 1. The second-order valence-corrected chi connectivity index (χ2v) is 8.96. The molecule has 0 aliphatic carbocycles. The number of hydrogen-bond donors (Lipinski definition) is 2. The number of anilines is 1. The number of ether oxygens (including phenoxy) is 1. The Morgan fingerprint density at radius 1 is 1.16 bits per heavy atom. The standard InChI is InChI=1S/C22H21N3O5S/c1-15-12-16(10-11-23-15)14-30-18-8-6-17(7-9-18)25-20(13-22(26)24-27)19-4-2-3-5-21(19)31(25,28)29/h2-12,20,27H,13-14H2,1H3,(H,24,26). The number of pyridine rings is 1. The first-order valence-corrected chi connectivity index (χ1v) is 11.0. The summed E-state index contributed by atoms with van der Waals surface area (Å²) in [7, 11) is -3.85. The van der Waals surface area contributed by atoms with E-state index in [1.54, 1.807) is 54.1 Å². The number of aryl methyl sites for hydroxylation is 1. The maximum atomic E-state index is 13.2. The van der Waals surface area contributed by atoms with E-state index in [0.717, 1.165) is 11.3 Å². The molecular weight excluding hydrogens is 418 g/mol. The molecule has 2 N–H and O–H groups in total. The highest BCUT2D eigenvalue weighted by atomic mass is 32.2. The van der Waals surface area contributed by atoms with Crippen molar-refractivity contribution in [2.24, 2.45) is 0 Å². The van der Waals surface area contributed by atoms with Gasteiger partial charge < -0.3 is 4.74 Å². The Bertz CT molecular complexity index is 1210. The number of nitrogens with zero attached hydrogens (tertiary/aromatic N) is 2. The van der Waals surface area contributed by atoms with E-state index in [0.29, 0.717) is 23.6 Å². The van der Waals surface area contributed by atoms with Crippen molar-refractivity contribution < 1.29 is 23.2 Å². The van der Waals surface area contributed by atoms with Gasteiger partial charge >= 0.3 is 0 Å². The molecule has 0 radical (unpaired) electrons. The number of amides is 1. The molecule has 0 saturated heterocycles. The highest BCUT2D eigenvalue weighted by Gasteiger charge is 2.43. The Morgan fingerprint density at radius 3 is 2.61 bits per heavy atom. The number of fused-ring (bicyclic) bond motifs is 1. The van der Waals surface area contributed by atoms with Crippen molar-refractivity contribution >= 4 is 21.6 Å². The molecular formula is C22H21N3O5S. The maximum Gasteiger partial charge on any atom is 0.265 e. The van der Waals surface area contributed by atoms with Crippen molar-refractivity contribution in [1.82, 2.24) is 10.5 Å². The molecule has 0 bridgehead atoms. The third kappa shape index (κ3) is 4.10. The summed E-state index contributed by atoms with van der Waals surface area (Å²) in [5.74, 6) is -0.0912. The van der Waals surface area contributed by atoms with Gasteiger partial charge in [0.15, 0.2) is 0 Å². The zero-order valence-electron chi connectivity index (χ0n) is 16.7. The number of hydroxylamine groups is 1. The lowest BCUT2D eigenvalue weighted by atomic mass is 10.0. The van der Waals surface area contributed by atoms with E-state index in [9.17, 15) is 13.2 Å². The summed E-state index contributed by atoms with van der Waals surface area (Å²) >= 11 is 0. The SMILES string of the molecule is Cc1cc(COc2ccc(N3C(CC(=O)NO)c4ccccc4S3(=O)=O)cc2)ccn1. The summed E-state index contributed by atoms with van der Waals surface area (Å²) in [6, 6.07) is 16.2. The van der Waals surface area contributed by atoms with Crippen LogP contribution >= 0.6 is 0 Å². The van der Waals surface area contributed by atoms with Crippen LogP contribution in [0.3, 0.4) is 0 Å². The number of rotatable bonds is 6. The highest BCUT2D eigenvalue weighted by molar-refractivity contribution is 7.93. The molecule has 1 aliphatic heterocycles. The number of hydrogen-bond acceptors (Lipinski definition) is 6. The van der Waals surface area contributed by atoms with Crippen LogP contribution in [0.4, 0.5) is 5.69 Å². The van der Waals surface area contributed by atoms with Crippen LogP contribution in [0.1, 0.15) is 29.3 Å². The molecule has 1 aromatic heterocycles. The molecule has 1 atom stereocenters. The molecule has 31 heavy (non-hydrogen) atoms. The number of carbonyl (C=O) groups is 1. The molecule has 1 unspecified atom stereocenters. The predicted molar refractivity (Wildman–Crippen MR) is 113 cm³/mol. The molecule has 160 valence electrons. The van der Waals surface area contributed by atoms with Gasteiger partial charge in [-0.15, -0.1) is 0 Å². The average Bonchev–Trinajstić information content (AvgIpc) is 2.99. The van der Waals surface area contributed by atoms with E-state index >= 15 is 0 Å². The first-order chi connectivity index (χ1) is 14.9. The summed E-state index contributed by atoms with van der Waals surface area (Å²) in [5, 5.41) is 8.95. The van der Waals surface area contributed by atoms with Gasteiger partial charge in [-0.2, -0.15) is 0 Å². The van der Waals surface area contributed by atoms with Crippen LogP contribution in [-0.2, 0) is 21.4 Å². The smallest absolute Gasteiger partial charge is 0.265 e. The molecule has 1 aliphatic rings. The Balaban J connectivity index is 1.60. The molecule has 8 nitrogen and oxygen atoms in total. The summed E-state index contributed by atoms with van der Waals surface area (Å²) in [6.45, 7) is 2.26. The van der Waals surface area contributed by atoms with Gasteiger partial charge in [-0.25, -0.2) is 13.9 Å².